The first-order valence-corrected chi connectivity index (χ1v) is 7.66. The molecular formula is C15H20N8O2. The van der Waals surface area contributed by atoms with Gasteiger partial charge in [-0.05, 0) is 19.7 Å². The third-order valence-electron chi connectivity index (χ3n) is 3.33. The maximum atomic E-state index is 12.6. The Morgan fingerprint density at radius 1 is 1.44 bits per heavy atom. The zero-order valence-corrected chi connectivity index (χ0v) is 14.4. The second-order valence-electron chi connectivity index (χ2n) is 4.96. The van der Waals surface area contributed by atoms with E-state index in [1.165, 1.54) is 10.9 Å². The van der Waals surface area contributed by atoms with Crippen molar-refractivity contribution in [1.82, 2.24) is 24.7 Å². The van der Waals surface area contributed by atoms with Crippen molar-refractivity contribution in [2.75, 3.05) is 12.4 Å². The largest absolute Gasteiger partial charge is 0.372 e. The Hall–Kier alpha value is -3.30. The lowest BCUT2D eigenvalue weighted by atomic mass is 10.4. The van der Waals surface area contributed by atoms with E-state index in [9.17, 15) is 9.59 Å². The topological polar surface area (TPSA) is 118 Å². The summed E-state index contributed by atoms with van der Waals surface area (Å²) in [6.07, 6.45) is 3.37. The molecule has 10 heteroatoms. The van der Waals surface area contributed by atoms with Crippen molar-refractivity contribution >= 4 is 30.3 Å². The molecule has 0 aromatic carbocycles. The summed E-state index contributed by atoms with van der Waals surface area (Å²) >= 11 is 0. The van der Waals surface area contributed by atoms with E-state index in [0.717, 1.165) is 4.68 Å². The quantitative estimate of drug-likeness (QED) is 0.549. The summed E-state index contributed by atoms with van der Waals surface area (Å²) in [5.74, 6) is 1.01. The number of fused-ring (bicyclic) bond motifs is 1. The SMILES string of the molecule is C=NC=N/C(=C\C)NC(=O)Cn1nc(CC)n2nc(NC)cc2c1=O. The second-order valence-corrected chi connectivity index (χ2v) is 4.96. The van der Waals surface area contributed by atoms with Crippen molar-refractivity contribution < 1.29 is 4.79 Å². The lowest BCUT2D eigenvalue weighted by molar-refractivity contribution is -0.121. The average molecular weight is 344 g/mol. The minimum absolute atomic E-state index is 0.239. The number of rotatable bonds is 7. The summed E-state index contributed by atoms with van der Waals surface area (Å²) in [5, 5.41) is 14.0. The summed E-state index contributed by atoms with van der Waals surface area (Å²) in [6.45, 7) is 6.65. The first-order chi connectivity index (χ1) is 12.0. The van der Waals surface area contributed by atoms with Crippen molar-refractivity contribution in [1.29, 1.82) is 0 Å². The van der Waals surface area contributed by atoms with Gasteiger partial charge in [0.25, 0.3) is 5.56 Å². The number of aryl methyl sites for hydroxylation is 1. The number of amides is 1. The molecule has 2 aromatic heterocycles. The van der Waals surface area contributed by atoms with E-state index in [1.807, 2.05) is 6.92 Å². The minimum atomic E-state index is -0.427. The number of carbonyl (C=O) groups excluding carboxylic acids is 1. The van der Waals surface area contributed by atoms with Crippen LogP contribution < -0.4 is 16.2 Å². The highest BCUT2D eigenvalue weighted by Gasteiger charge is 2.15. The Morgan fingerprint density at radius 3 is 2.80 bits per heavy atom. The highest BCUT2D eigenvalue weighted by molar-refractivity contribution is 5.78. The molecule has 2 heterocycles. The highest BCUT2D eigenvalue weighted by Crippen LogP contribution is 2.08. The third-order valence-corrected chi connectivity index (χ3v) is 3.33. The Kier molecular flexibility index (Phi) is 5.77. The van der Waals surface area contributed by atoms with Crippen LogP contribution in [-0.4, -0.2) is 45.4 Å². The number of carbonyl (C=O) groups is 1. The van der Waals surface area contributed by atoms with E-state index in [0.29, 0.717) is 29.4 Å². The van der Waals surface area contributed by atoms with Crippen LogP contribution >= 0.6 is 0 Å². The monoisotopic (exact) mass is 344 g/mol. The van der Waals surface area contributed by atoms with Crippen LogP contribution in [0.15, 0.2) is 32.7 Å². The van der Waals surface area contributed by atoms with Gasteiger partial charge in [-0.25, -0.2) is 14.2 Å². The molecule has 2 N–H and O–H groups in total. The number of hydrogen-bond acceptors (Lipinski definition) is 6. The van der Waals surface area contributed by atoms with Crippen LogP contribution in [0, 0.1) is 0 Å². The van der Waals surface area contributed by atoms with Gasteiger partial charge in [-0.3, -0.25) is 14.6 Å². The predicted octanol–water partition coefficient (Wildman–Crippen LogP) is 0.201. The molecule has 132 valence electrons. The molecule has 2 aromatic rings. The van der Waals surface area contributed by atoms with Crippen LogP contribution in [0.25, 0.3) is 5.52 Å². The fourth-order valence-corrected chi connectivity index (χ4v) is 2.14. The molecule has 0 aliphatic rings. The van der Waals surface area contributed by atoms with Gasteiger partial charge in [-0.2, -0.15) is 5.10 Å². The molecule has 0 saturated heterocycles. The maximum Gasteiger partial charge on any atom is 0.293 e. The molecule has 0 spiro atoms. The summed E-state index contributed by atoms with van der Waals surface area (Å²) < 4.78 is 2.60. The summed E-state index contributed by atoms with van der Waals surface area (Å²) in [4.78, 5) is 32.1. The lowest BCUT2D eigenvalue weighted by Gasteiger charge is -2.09. The fraction of sp³-hybridized carbons (Fsp3) is 0.333. The number of allylic oxidation sites excluding steroid dienone is 1. The molecule has 0 aliphatic carbocycles. The molecule has 0 atom stereocenters. The van der Waals surface area contributed by atoms with Crippen LogP contribution in [0.3, 0.4) is 0 Å². The zero-order chi connectivity index (χ0) is 18.4. The standard InChI is InChI=1S/C15H20N8O2/c1-5-11(18-9-16-3)19-14(24)8-22-15(25)10-7-12(17-4)20-23(10)13(6-2)21-22/h5,7,9H,3,6,8H2,1-2,4H3,(H,17,20)(H,19,24)/b11-5+,18-9?. The van der Waals surface area contributed by atoms with E-state index < -0.39 is 11.5 Å². The number of aromatic nitrogens is 4. The number of nitrogens with zero attached hydrogens (tertiary/aromatic N) is 6. The summed E-state index contributed by atoms with van der Waals surface area (Å²) in [5.41, 5.74) is -0.0521. The Labute approximate surface area is 144 Å². The molecule has 10 nitrogen and oxygen atoms in total. The first-order valence-electron chi connectivity index (χ1n) is 7.66. The molecule has 0 saturated carbocycles. The van der Waals surface area contributed by atoms with Crippen LogP contribution in [0.4, 0.5) is 5.82 Å². The highest BCUT2D eigenvalue weighted by atomic mass is 16.2. The van der Waals surface area contributed by atoms with Crippen molar-refractivity contribution in [2.45, 2.75) is 26.8 Å². The molecule has 1 amide bonds. The molecule has 0 bridgehead atoms. The van der Waals surface area contributed by atoms with Gasteiger partial charge in [0.1, 0.15) is 30.0 Å². The fourth-order valence-electron chi connectivity index (χ4n) is 2.14. The normalized spacial score (nSPS) is 11.9. The maximum absolute atomic E-state index is 12.6. The van der Waals surface area contributed by atoms with Gasteiger partial charge in [0, 0.05) is 19.5 Å². The molecule has 0 unspecified atom stereocenters. The van der Waals surface area contributed by atoms with Crippen LogP contribution in [0.5, 0.6) is 0 Å². The van der Waals surface area contributed by atoms with E-state index >= 15 is 0 Å². The van der Waals surface area contributed by atoms with Crippen LogP contribution in [0.2, 0.25) is 0 Å². The van der Waals surface area contributed by atoms with E-state index in [-0.39, 0.29) is 6.54 Å². The molecule has 25 heavy (non-hydrogen) atoms. The number of hydrogen-bond donors (Lipinski definition) is 2. The zero-order valence-electron chi connectivity index (χ0n) is 14.4. The van der Waals surface area contributed by atoms with E-state index in [2.05, 4.69) is 37.5 Å². The van der Waals surface area contributed by atoms with Gasteiger partial charge in [0.15, 0.2) is 5.82 Å². The lowest BCUT2D eigenvalue weighted by Crippen LogP contribution is -2.34. The van der Waals surface area contributed by atoms with E-state index in [1.54, 1.807) is 26.1 Å². The van der Waals surface area contributed by atoms with Crippen LogP contribution in [0.1, 0.15) is 19.7 Å². The molecular weight excluding hydrogens is 324 g/mol. The Morgan fingerprint density at radius 2 is 2.20 bits per heavy atom. The number of anilines is 1. The minimum Gasteiger partial charge on any atom is -0.372 e. The predicted molar refractivity (Wildman–Crippen MR) is 96.1 cm³/mol. The number of aliphatic imine (C=N–C) groups is 2. The first kappa shape index (κ1) is 18.0. The Balaban J connectivity index is 2.33. The Bertz CT molecular complexity index is 906. The third kappa shape index (κ3) is 3.97. The van der Waals surface area contributed by atoms with E-state index in [4.69, 9.17) is 0 Å². The molecule has 2 rings (SSSR count). The summed E-state index contributed by atoms with van der Waals surface area (Å²) in [7, 11) is 1.71. The number of nitrogens with one attached hydrogen (secondary N) is 2. The van der Waals surface area contributed by atoms with Crippen molar-refractivity contribution in [3.63, 3.8) is 0 Å². The van der Waals surface area contributed by atoms with Crippen molar-refractivity contribution in [2.24, 2.45) is 9.98 Å². The molecule has 0 radical (unpaired) electrons. The average Bonchev–Trinajstić information content (AvgIpc) is 3.05. The van der Waals surface area contributed by atoms with Gasteiger partial charge in [0.2, 0.25) is 5.91 Å². The van der Waals surface area contributed by atoms with Crippen molar-refractivity contribution in [3.05, 3.63) is 34.1 Å². The second kappa shape index (κ2) is 7.99. The van der Waals surface area contributed by atoms with Gasteiger partial charge in [-0.15, -0.1) is 5.10 Å². The van der Waals surface area contributed by atoms with Gasteiger partial charge >= 0.3 is 0 Å². The van der Waals surface area contributed by atoms with Gasteiger partial charge < -0.3 is 10.6 Å². The molecule has 0 aliphatic heterocycles. The van der Waals surface area contributed by atoms with Gasteiger partial charge in [0.05, 0.1) is 0 Å². The summed E-state index contributed by atoms with van der Waals surface area (Å²) in [6, 6.07) is 1.62. The van der Waals surface area contributed by atoms with Crippen molar-refractivity contribution in [3.8, 4) is 0 Å². The smallest absolute Gasteiger partial charge is 0.293 e. The van der Waals surface area contributed by atoms with Crippen LogP contribution in [-0.2, 0) is 17.8 Å². The molecule has 0 fully saturated rings. The van der Waals surface area contributed by atoms with Gasteiger partial charge in [-0.1, -0.05) is 6.92 Å².